The van der Waals surface area contributed by atoms with Crippen molar-refractivity contribution in [2.45, 2.75) is 13.8 Å². The largest absolute Gasteiger partial charge is 0.497 e. The molecule has 0 aliphatic heterocycles. The molecule has 5 rings (SSSR count). The minimum absolute atomic E-state index is 0.0870. The maximum atomic E-state index is 13.4. The molecule has 2 aromatic carbocycles. The minimum atomic E-state index is -0.0870. The third-order valence-electron chi connectivity index (χ3n) is 5.28. The lowest BCUT2D eigenvalue weighted by atomic mass is 10.0. The molecule has 1 aliphatic rings. The van der Waals surface area contributed by atoms with E-state index in [4.69, 9.17) is 9.72 Å². The molecule has 0 spiro atoms. The van der Waals surface area contributed by atoms with Gasteiger partial charge in [0.25, 0.3) is 0 Å². The Bertz CT molecular complexity index is 1290. The van der Waals surface area contributed by atoms with Crippen molar-refractivity contribution in [2.75, 3.05) is 12.4 Å². The highest BCUT2D eigenvalue weighted by molar-refractivity contribution is 6.26. The van der Waals surface area contributed by atoms with Crippen molar-refractivity contribution in [1.82, 2.24) is 9.97 Å². The SMILES string of the molecule is COc1ccc(Nc2c3c(nc4ccccc24)-c2c(C)cc(C)nc2C3=O)cc1. The third kappa shape index (κ3) is 2.66. The predicted octanol–water partition coefficient (Wildman–Crippen LogP) is 5.21. The molecule has 4 aromatic rings. The van der Waals surface area contributed by atoms with Gasteiger partial charge in [0.15, 0.2) is 0 Å². The number of aryl methyl sites for hydroxylation is 2. The molecule has 0 fully saturated rings. The number of benzene rings is 2. The van der Waals surface area contributed by atoms with Crippen LogP contribution in [-0.2, 0) is 0 Å². The van der Waals surface area contributed by atoms with E-state index in [2.05, 4.69) is 10.3 Å². The van der Waals surface area contributed by atoms with Crippen LogP contribution in [0.4, 0.5) is 11.4 Å². The van der Waals surface area contributed by atoms with Crippen molar-refractivity contribution in [3.05, 3.63) is 77.1 Å². The Morgan fingerprint density at radius 1 is 0.897 bits per heavy atom. The van der Waals surface area contributed by atoms with E-state index in [0.29, 0.717) is 17.0 Å². The second-order valence-electron chi connectivity index (χ2n) is 7.21. The molecule has 29 heavy (non-hydrogen) atoms. The van der Waals surface area contributed by atoms with Gasteiger partial charge in [0, 0.05) is 22.3 Å². The number of rotatable bonds is 3. The number of hydrogen-bond acceptors (Lipinski definition) is 5. The molecule has 142 valence electrons. The summed E-state index contributed by atoms with van der Waals surface area (Å²) in [6.07, 6.45) is 0. The number of nitrogens with zero attached hydrogens (tertiary/aromatic N) is 2. The van der Waals surface area contributed by atoms with Crippen LogP contribution in [0, 0.1) is 13.8 Å². The molecule has 0 atom stereocenters. The maximum absolute atomic E-state index is 13.4. The van der Waals surface area contributed by atoms with Gasteiger partial charge in [-0.2, -0.15) is 0 Å². The molecule has 1 N–H and O–H groups in total. The van der Waals surface area contributed by atoms with E-state index in [9.17, 15) is 4.79 Å². The predicted molar refractivity (Wildman–Crippen MR) is 114 cm³/mol. The quantitative estimate of drug-likeness (QED) is 0.465. The number of anilines is 2. The Morgan fingerprint density at radius 3 is 2.41 bits per heavy atom. The summed E-state index contributed by atoms with van der Waals surface area (Å²) in [5.74, 6) is 0.690. The standard InChI is InChI=1S/C24H19N3O2/c1-13-12-14(2)25-23-19(13)22-20(24(23)28)21(17-6-4-5-7-18(17)27-22)26-15-8-10-16(29-3)11-9-15/h4-12H,1-3H3,(H,26,27). The molecule has 0 unspecified atom stereocenters. The highest BCUT2D eigenvalue weighted by Gasteiger charge is 2.35. The van der Waals surface area contributed by atoms with Crippen molar-refractivity contribution >= 4 is 28.1 Å². The van der Waals surface area contributed by atoms with Crippen LogP contribution in [0.5, 0.6) is 5.75 Å². The lowest BCUT2D eigenvalue weighted by Crippen LogP contribution is -2.05. The van der Waals surface area contributed by atoms with Gasteiger partial charge in [0.05, 0.1) is 29.6 Å². The average Bonchev–Trinajstić information content (AvgIpc) is 3.00. The molecule has 0 bridgehead atoms. The molecule has 2 aromatic heterocycles. The van der Waals surface area contributed by atoms with Gasteiger partial charge < -0.3 is 10.1 Å². The zero-order chi connectivity index (χ0) is 20.1. The van der Waals surface area contributed by atoms with Crippen LogP contribution < -0.4 is 10.1 Å². The molecular weight excluding hydrogens is 362 g/mol. The number of para-hydroxylation sites is 1. The first-order valence-corrected chi connectivity index (χ1v) is 9.44. The zero-order valence-corrected chi connectivity index (χ0v) is 16.4. The van der Waals surface area contributed by atoms with Crippen molar-refractivity contribution < 1.29 is 9.53 Å². The number of methoxy groups -OCH3 is 1. The Labute approximate surface area is 168 Å². The first-order valence-electron chi connectivity index (χ1n) is 9.44. The number of ether oxygens (including phenoxy) is 1. The second-order valence-corrected chi connectivity index (χ2v) is 7.21. The molecule has 0 saturated heterocycles. The number of hydrogen-bond donors (Lipinski definition) is 1. The summed E-state index contributed by atoms with van der Waals surface area (Å²) < 4.78 is 5.25. The molecule has 0 amide bonds. The van der Waals surface area contributed by atoms with Gasteiger partial charge in [-0.3, -0.25) is 4.79 Å². The smallest absolute Gasteiger partial charge is 0.216 e. The number of aromatic nitrogens is 2. The fourth-order valence-electron chi connectivity index (χ4n) is 3.98. The van der Waals surface area contributed by atoms with Gasteiger partial charge in [0.2, 0.25) is 5.78 Å². The summed E-state index contributed by atoms with van der Waals surface area (Å²) in [7, 11) is 1.64. The van der Waals surface area contributed by atoms with Crippen LogP contribution in [0.15, 0.2) is 54.6 Å². The van der Waals surface area contributed by atoms with E-state index in [1.807, 2.05) is 68.4 Å². The first kappa shape index (κ1) is 17.4. The molecule has 0 radical (unpaired) electrons. The summed E-state index contributed by atoms with van der Waals surface area (Å²) in [5, 5.41) is 4.35. The highest BCUT2D eigenvalue weighted by Crippen LogP contribution is 2.44. The normalized spacial score (nSPS) is 12.0. The van der Waals surface area contributed by atoms with Crippen LogP contribution in [0.1, 0.15) is 27.3 Å². The number of carbonyl (C=O) groups excluding carboxylic acids is 1. The van der Waals surface area contributed by atoms with Crippen molar-refractivity contribution in [1.29, 1.82) is 0 Å². The number of nitrogens with one attached hydrogen (secondary N) is 1. The molecule has 1 aliphatic carbocycles. The van der Waals surface area contributed by atoms with E-state index in [-0.39, 0.29) is 5.78 Å². The molecular formula is C24H19N3O2. The Morgan fingerprint density at radius 2 is 1.66 bits per heavy atom. The maximum Gasteiger partial charge on any atom is 0.216 e. The Kier molecular flexibility index (Phi) is 3.84. The van der Waals surface area contributed by atoms with Crippen LogP contribution >= 0.6 is 0 Å². The van der Waals surface area contributed by atoms with Crippen molar-refractivity contribution in [3.63, 3.8) is 0 Å². The van der Waals surface area contributed by atoms with Crippen molar-refractivity contribution in [2.24, 2.45) is 0 Å². The summed E-state index contributed by atoms with van der Waals surface area (Å²) >= 11 is 0. The van der Waals surface area contributed by atoms with Crippen LogP contribution in [0.2, 0.25) is 0 Å². The number of carbonyl (C=O) groups is 1. The lowest BCUT2D eigenvalue weighted by Gasteiger charge is -2.14. The van der Waals surface area contributed by atoms with E-state index in [1.165, 1.54) is 0 Å². The Balaban J connectivity index is 1.77. The fourth-order valence-corrected chi connectivity index (χ4v) is 3.98. The highest BCUT2D eigenvalue weighted by atomic mass is 16.5. The average molecular weight is 381 g/mol. The van der Waals surface area contributed by atoms with Gasteiger partial charge in [-0.05, 0) is 55.8 Å². The van der Waals surface area contributed by atoms with Gasteiger partial charge in [-0.1, -0.05) is 18.2 Å². The van der Waals surface area contributed by atoms with E-state index in [0.717, 1.165) is 44.8 Å². The summed E-state index contributed by atoms with van der Waals surface area (Å²) in [5.41, 5.74) is 6.90. The third-order valence-corrected chi connectivity index (χ3v) is 5.28. The summed E-state index contributed by atoms with van der Waals surface area (Å²) in [4.78, 5) is 22.8. The molecule has 2 heterocycles. The van der Waals surface area contributed by atoms with Crippen LogP contribution in [0.3, 0.4) is 0 Å². The Hall–Kier alpha value is -3.73. The first-order chi connectivity index (χ1) is 14.1. The number of ketones is 1. The molecule has 5 heteroatoms. The summed E-state index contributed by atoms with van der Waals surface area (Å²) in [6.45, 7) is 3.91. The topological polar surface area (TPSA) is 64.1 Å². The monoisotopic (exact) mass is 381 g/mol. The fraction of sp³-hybridized carbons (Fsp3) is 0.125. The lowest BCUT2D eigenvalue weighted by molar-refractivity contribution is 0.103. The van der Waals surface area contributed by atoms with Gasteiger partial charge in [0.1, 0.15) is 11.4 Å². The van der Waals surface area contributed by atoms with E-state index >= 15 is 0 Å². The van der Waals surface area contributed by atoms with E-state index in [1.54, 1.807) is 7.11 Å². The number of fused-ring (bicyclic) bond motifs is 4. The molecule has 0 saturated carbocycles. The molecule has 5 nitrogen and oxygen atoms in total. The van der Waals surface area contributed by atoms with E-state index < -0.39 is 0 Å². The van der Waals surface area contributed by atoms with Gasteiger partial charge in [-0.25, -0.2) is 9.97 Å². The zero-order valence-electron chi connectivity index (χ0n) is 16.4. The second kappa shape index (κ2) is 6.41. The minimum Gasteiger partial charge on any atom is -0.497 e. The van der Waals surface area contributed by atoms with Crippen molar-refractivity contribution in [3.8, 4) is 17.0 Å². The van der Waals surface area contributed by atoms with Crippen LogP contribution in [0.25, 0.3) is 22.2 Å². The van der Waals surface area contributed by atoms with Crippen LogP contribution in [-0.4, -0.2) is 22.9 Å². The summed E-state index contributed by atoms with van der Waals surface area (Å²) in [6, 6.07) is 17.5. The number of pyridine rings is 2. The van der Waals surface area contributed by atoms with Gasteiger partial charge in [-0.15, -0.1) is 0 Å². The van der Waals surface area contributed by atoms with Gasteiger partial charge >= 0.3 is 0 Å².